The van der Waals surface area contributed by atoms with Gasteiger partial charge in [-0.05, 0) is 0 Å². The summed E-state index contributed by atoms with van der Waals surface area (Å²) in [7, 11) is -16.4. The molecule has 1 aliphatic rings. The van der Waals surface area contributed by atoms with Crippen LogP contribution in [-0.2, 0) is 50.7 Å². The van der Waals surface area contributed by atoms with Crippen molar-refractivity contribution >= 4 is 69.1 Å². The van der Waals surface area contributed by atoms with Crippen LogP contribution in [0.5, 0.6) is 0 Å². The van der Waals surface area contributed by atoms with Gasteiger partial charge in [0.2, 0.25) is 11.8 Å². The molecule has 0 radical (unpaired) electrons. The van der Waals surface area contributed by atoms with E-state index in [9.17, 15) is 57.9 Å². The second-order valence-electron chi connectivity index (χ2n) is 11.6. The molecular weight excluding hydrogens is 795 g/mol. The number of carbonyl (C=O) groups excluding carboxylic acids is 3. The molecule has 2 aromatic heterocycles. The predicted octanol–water partition coefficient (Wildman–Crippen LogP) is -0.289. The molecule has 2 aromatic rings. The van der Waals surface area contributed by atoms with Crippen molar-refractivity contribution in [2.24, 2.45) is 5.41 Å². The van der Waals surface area contributed by atoms with Gasteiger partial charge in [0.25, 0.3) is 0 Å². The number of amides is 2. The normalized spacial score (nSPS) is 22.0. The minimum atomic E-state index is -5.56. The van der Waals surface area contributed by atoms with Gasteiger partial charge in [0.05, 0.1) is 19.5 Å². The van der Waals surface area contributed by atoms with Crippen molar-refractivity contribution in [2.75, 3.05) is 37.8 Å². The highest BCUT2D eigenvalue weighted by molar-refractivity contribution is 8.13. The Hall–Kier alpha value is -2.44. The minimum Gasteiger partial charge on any atom is -0.386 e. The third kappa shape index (κ3) is 14.0. The number of phosphoric ester groups is 3. The summed E-state index contributed by atoms with van der Waals surface area (Å²) in [4.78, 5) is 86.4. The van der Waals surface area contributed by atoms with Crippen molar-refractivity contribution in [3.05, 3.63) is 12.7 Å². The van der Waals surface area contributed by atoms with Crippen LogP contribution in [0, 0.1) is 5.41 Å². The number of carbonyl (C=O) groups is 3. The van der Waals surface area contributed by atoms with Crippen LogP contribution in [0.2, 0.25) is 0 Å². The molecule has 1 fully saturated rings. The van der Waals surface area contributed by atoms with E-state index in [0.29, 0.717) is 12.2 Å². The van der Waals surface area contributed by atoms with E-state index in [0.717, 1.165) is 29.0 Å². The Morgan fingerprint density at radius 3 is 2.38 bits per heavy atom. The summed E-state index contributed by atoms with van der Waals surface area (Å²) in [6.45, 7) is 2.24. The third-order valence-electron chi connectivity index (χ3n) is 7.05. The van der Waals surface area contributed by atoms with Gasteiger partial charge in [-0.1, -0.05) is 40.0 Å². The van der Waals surface area contributed by atoms with Gasteiger partial charge >= 0.3 is 23.5 Å². The van der Waals surface area contributed by atoms with Crippen molar-refractivity contribution in [3.8, 4) is 0 Å². The summed E-state index contributed by atoms with van der Waals surface area (Å²) in [5.74, 6) is -1.07. The van der Waals surface area contributed by atoms with E-state index >= 15 is 0 Å². The molecule has 0 aromatic carbocycles. The highest BCUT2D eigenvalue weighted by atomic mass is 32.2. The lowest BCUT2D eigenvalue weighted by Gasteiger charge is -2.30. The summed E-state index contributed by atoms with van der Waals surface area (Å²) >= 11 is 1.07. The van der Waals surface area contributed by atoms with E-state index in [1.807, 2.05) is 0 Å². The van der Waals surface area contributed by atoms with Crippen LogP contribution in [0.25, 0.3) is 11.2 Å². The number of nitrogens with two attached hydrogens (primary N) is 1. The van der Waals surface area contributed by atoms with E-state index in [1.165, 1.54) is 13.8 Å². The molecule has 0 saturated carbocycles. The standard InChI is InChI=1S/C24H40N7O17P3S.CH4/c1-4-15(33)52-8-7-26-14(32)5-6-27-22(36)19(35)24(2,3)10-45-51(42,43)48-50(40,41)44-9-13-18(47-49(37,38)39)17(34)23(46-13)31-12-30-16-20(25)28-11-29-21(16)31;/h11-13,17-19,23,34-35H,4-10H2,1-3H3,(H,26,32)(H,27,36)(H,40,41)(H,42,43)(H2,25,28,29)(H2,37,38,39);1H4/t13-,17-,18-,19+,23-;/m1./s1. The van der Waals surface area contributed by atoms with E-state index < -0.39 is 84.6 Å². The SMILES string of the molecule is C.CCC(=O)SCCNC(=O)CCNC(=O)[C@H](O)C(C)(C)COP(=O)(O)OP(=O)(O)OC[C@H]1O[C@@H](n2cnc3c(N)ncnc32)[C@H](O)[C@@H]1OP(=O)(O)O. The molecule has 1 saturated heterocycles. The van der Waals surface area contributed by atoms with Gasteiger partial charge in [-0.15, -0.1) is 0 Å². The Morgan fingerprint density at radius 2 is 1.74 bits per heavy atom. The molecule has 2 unspecified atom stereocenters. The van der Waals surface area contributed by atoms with Gasteiger partial charge < -0.3 is 50.9 Å². The lowest BCUT2D eigenvalue weighted by molar-refractivity contribution is -0.137. The molecular formula is C25H44N7O17P3S. The maximum absolute atomic E-state index is 12.6. The number of thioether (sulfide) groups is 1. The molecule has 2 amide bonds. The molecule has 24 nitrogen and oxygen atoms in total. The first kappa shape index (κ1) is 46.7. The first-order valence-corrected chi connectivity index (χ1v) is 20.6. The van der Waals surface area contributed by atoms with Crippen LogP contribution in [0.3, 0.4) is 0 Å². The number of ether oxygens (including phenoxy) is 1. The van der Waals surface area contributed by atoms with Crippen LogP contribution >= 0.6 is 35.2 Å². The van der Waals surface area contributed by atoms with Crippen LogP contribution in [-0.4, -0.2) is 123 Å². The first-order valence-electron chi connectivity index (χ1n) is 15.1. The van der Waals surface area contributed by atoms with Crippen LogP contribution in [0.15, 0.2) is 12.7 Å². The van der Waals surface area contributed by atoms with Gasteiger partial charge in [-0.3, -0.25) is 32.5 Å². The third-order valence-corrected chi connectivity index (χ3v) is 11.2. The van der Waals surface area contributed by atoms with E-state index in [2.05, 4.69) is 34.4 Å². The van der Waals surface area contributed by atoms with Crippen molar-refractivity contribution in [1.82, 2.24) is 30.2 Å². The van der Waals surface area contributed by atoms with Crippen molar-refractivity contribution < 1.29 is 80.5 Å². The fourth-order valence-corrected chi connectivity index (χ4v) is 7.86. The van der Waals surface area contributed by atoms with Crippen LogP contribution in [0.1, 0.15) is 47.3 Å². The molecule has 10 N–H and O–H groups in total. The summed E-state index contributed by atoms with van der Waals surface area (Å²) in [5, 5.41) is 26.2. The summed E-state index contributed by atoms with van der Waals surface area (Å²) in [6, 6.07) is 0. The number of fused-ring (bicyclic) bond motifs is 1. The Balaban J connectivity index is 0.00000972. The maximum atomic E-state index is 12.6. The number of nitrogens with zero attached hydrogens (tertiary/aromatic N) is 4. The quantitative estimate of drug-likeness (QED) is 0.0611. The maximum Gasteiger partial charge on any atom is 0.481 e. The summed E-state index contributed by atoms with van der Waals surface area (Å²) in [6.07, 6.45) is -6.52. The smallest absolute Gasteiger partial charge is 0.386 e. The number of hydrogen-bond acceptors (Lipinski definition) is 18. The average molecular weight is 840 g/mol. The Labute approximate surface area is 307 Å². The number of hydrogen-bond donors (Lipinski definition) is 9. The van der Waals surface area contributed by atoms with Gasteiger partial charge in [0, 0.05) is 37.1 Å². The second kappa shape index (κ2) is 19.4. The number of rotatable bonds is 20. The van der Waals surface area contributed by atoms with E-state index in [4.69, 9.17) is 19.5 Å². The van der Waals surface area contributed by atoms with Gasteiger partial charge in [-0.25, -0.2) is 28.6 Å². The number of aliphatic hydroxyl groups excluding tert-OH is 2. The number of anilines is 1. The summed E-state index contributed by atoms with van der Waals surface area (Å²) in [5.41, 5.74) is 4.26. The number of imidazole rings is 1. The Bertz CT molecular complexity index is 1730. The fraction of sp³-hybridized carbons (Fsp3) is 0.680. The number of aromatic nitrogens is 4. The Morgan fingerprint density at radius 1 is 1.08 bits per heavy atom. The van der Waals surface area contributed by atoms with Crippen molar-refractivity contribution in [3.63, 3.8) is 0 Å². The molecule has 3 heterocycles. The molecule has 53 heavy (non-hydrogen) atoms. The molecule has 7 atom stereocenters. The summed E-state index contributed by atoms with van der Waals surface area (Å²) < 4.78 is 61.9. The number of aliphatic hydroxyl groups is 2. The van der Waals surface area contributed by atoms with Gasteiger partial charge in [-0.2, -0.15) is 4.31 Å². The zero-order chi connectivity index (χ0) is 39.1. The van der Waals surface area contributed by atoms with E-state index in [1.54, 1.807) is 6.92 Å². The molecule has 0 bridgehead atoms. The van der Waals surface area contributed by atoms with E-state index in [-0.39, 0.29) is 49.0 Å². The fourth-order valence-electron chi connectivity index (χ4n) is 4.40. The average Bonchev–Trinajstić information content (AvgIpc) is 3.60. The van der Waals surface area contributed by atoms with Gasteiger partial charge in [0.1, 0.15) is 36.3 Å². The zero-order valence-corrected chi connectivity index (χ0v) is 31.3. The largest absolute Gasteiger partial charge is 0.481 e. The second-order valence-corrected chi connectivity index (χ2v) is 17.0. The highest BCUT2D eigenvalue weighted by Crippen LogP contribution is 2.61. The molecule has 28 heteroatoms. The molecule has 0 aliphatic carbocycles. The van der Waals surface area contributed by atoms with Crippen molar-refractivity contribution in [2.45, 2.75) is 71.7 Å². The molecule has 3 rings (SSSR count). The molecule has 0 spiro atoms. The lowest BCUT2D eigenvalue weighted by Crippen LogP contribution is -2.46. The van der Waals surface area contributed by atoms with Crippen LogP contribution in [0.4, 0.5) is 5.82 Å². The number of nitrogen functional groups attached to an aromatic ring is 1. The minimum absolute atomic E-state index is 0. The highest BCUT2D eigenvalue weighted by Gasteiger charge is 2.50. The zero-order valence-electron chi connectivity index (χ0n) is 27.8. The first-order chi connectivity index (χ1) is 24.1. The van der Waals surface area contributed by atoms with Gasteiger partial charge in [0.15, 0.2) is 22.8 Å². The molecule has 302 valence electrons. The topological polar surface area (TPSA) is 364 Å². The monoisotopic (exact) mass is 839 g/mol. The van der Waals surface area contributed by atoms with Crippen LogP contribution < -0.4 is 16.4 Å². The number of nitrogens with one attached hydrogen (secondary N) is 2. The lowest BCUT2D eigenvalue weighted by atomic mass is 9.87. The predicted molar refractivity (Wildman–Crippen MR) is 184 cm³/mol. The molecule has 1 aliphatic heterocycles. The number of phosphoric acid groups is 3. The van der Waals surface area contributed by atoms with Crippen molar-refractivity contribution in [1.29, 1.82) is 0 Å². The Kier molecular flexibility index (Phi) is 17.1.